The number of aromatic nitrogens is 2. The summed E-state index contributed by atoms with van der Waals surface area (Å²) in [5.41, 5.74) is 0.459. The van der Waals surface area contributed by atoms with E-state index in [0.717, 1.165) is 18.5 Å². The van der Waals surface area contributed by atoms with Crippen LogP contribution in [0.1, 0.15) is 68.2 Å². The van der Waals surface area contributed by atoms with Crippen LogP contribution in [-0.2, 0) is 16.0 Å². The van der Waals surface area contributed by atoms with E-state index in [4.69, 9.17) is 9.26 Å². The third-order valence-corrected chi connectivity index (χ3v) is 4.77. The molecule has 8 nitrogen and oxygen atoms in total. The van der Waals surface area contributed by atoms with Crippen LogP contribution in [0.5, 0.6) is 0 Å². The van der Waals surface area contributed by atoms with Gasteiger partial charge in [-0.15, -0.1) is 0 Å². The monoisotopic (exact) mass is 389 g/mol. The van der Waals surface area contributed by atoms with Gasteiger partial charge < -0.3 is 19.7 Å². The van der Waals surface area contributed by atoms with Crippen molar-refractivity contribution < 1.29 is 24.0 Å². The standard InChI is InChI=1S/C20H27N3O5/c1-19(2,3)9-14-15-12(16(24)22-20(4,10-27-5)18(25)26)8-13(11-6-7-11)21-17(15)28-23-14/h8,11H,6-7,9-10H2,1-5H3,(H,22,24)(H,25,26). The number of aliphatic carboxylic acids is 1. The predicted octanol–water partition coefficient (Wildman–Crippen LogP) is 2.91. The van der Waals surface area contributed by atoms with Crippen molar-refractivity contribution in [3.8, 4) is 0 Å². The lowest BCUT2D eigenvalue weighted by molar-refractivity contribution is -0.145. The molecular weight excluding hydrogens is 362 g/mol. The summed E-state index contributed by atoms with van der Waals surface area (Å²) in [6.07, 6.45) is 2.62. The molecule has 0 aromatic carbocycles. The Morgan fingerprint density at radius 3 is 2.54 bits per heavy atom. The summed E-state index contributed by atoms with van der Waals surface area (Å²) in [7, 11) is 1.39. The smallest absolute Gasteiger partial charge is 0.331 e. The maximum atomic E-state index is 13.1. The molecule has 1 saturated carbocycles. The van der Waals surface area contributed by atoms with Crippen LogP contribution in [0.2, 0.25) is 0 Å². The van der Waals surface area contributed by atoms with Gasteiger partial charge in [0, 0.05) is 18.7 Å². The highest BCUT2D eigenvalue weighted by Crippen LogP contribution is 2.41. The van der Waals surface area contributed by atoms with Crippen molar-refractivity contribution >= 4 is 23.0 Å². The van der Waals surface area contributed by atoms with E-state index < -0.39 is 17.4 Å². The van der Waals surface area contributed by atoms with Crippen LogP contribution in [0, 0.1) is 5.41 Å². The van der Waals surface area contributed by atoms with Crippen LogP contribution in [0.3, 0.4) is 0 Å². The van der Waals surface area contributed by atoms with E-state index in [1.165, 1.54) is 14.0 Å². The number of rotatable bonds is 7. The number of ether oxygens (including phenoxy) is 1. The molecule has 1 atom stereocenters. The Bertz CT molecular complexity index is 910. The molecule has 1 fully saturated rings. The number of fused-ring (bicyclic) bond motifs is 1. The average Bonchev–Trinajstić information content (AvgIpc) is 3.36. The summed E-state index contributed by atoms with van der Waals surface area (Å²) in [6, 6.07) is 1.74. The first-order chi connectivity index (χ1) is 13.0. The molecule has 3 rings (SSSR count). The van der Waals surface area contributed by atoms with Crippen LogP contribution >= 0.6 is 0 Å². The first-order valence-electron chi connectivity index (χ1n) is 9.38. The number of pyridine rings is 1. The van der Waals surface area contributed by atoms with Gasteiger partial charge in [-0.25, -0.2) is 9.78 Å². The van der Waals surface area contributed by atoms with Gasteiger partial charge in [-0.1, -0.05) is 25.9 Å². The molecule has 0 radical (unpaired) electrons. The minimum Gasteiger partial charge on any atom is -0.479 e. The van der Waals surface area contributed by atoms with Crippen LogP contribution in [0.15, 0.2) is 10.6 Å². The number of nitrogens with zero attached hydrogens (tertiary/aromatic N) is 2. The molecule has 0 saturated heterocycles. The summed E-state index contributed by atoms with van der Waals surface area (Å²) in [4.78, 5) is 29.4. The third-order valence-electron chi connectivity index (χ3n) is 4.77. The second-order valence-corrected chi connectivity index (χ2v) is 8.94. The molecule has 152 valence electrons. The normalized spacial score (nSPS) is 16.8. The molecule has 1 aliphatic carbocycles. The Morgan fingerprint density at radius 1 is 1.32 bits per heavy atom. The first kappa shape index (κ1) is 20.3. The van der Waals surface area contributed by atoms with E-state index in [9.17, 15) is 14.7 Å². The van der Waals surface area contributed by atoms with Crippen molar-refractivity contribution in [2.45, 2.75) is 58.4 Å². The van der Waals surface area contributed by atoms with Crippen LogP contribution < -0.4 is 5.32 Å². The zero-order valence-electron chi connectivity index (χ0n) is 17.0. The Kier molecular flexibility index (Phi) is 5.18. The van der Waals surface area contributed by atoms with Crippen molar-refractivity contribution in [3.05, 3.63) is 23.0 Å². The number of amides is 1. The molecule has 0 spiro atoms. The molecule has 1 unspecified atom stereocenters. The molecule has 0 aliphatic heterocycles. The lowest BCUT2D eigenvalue weighted by Gasteiger charge is -2.25. The van der Waals surface area contributed by atoms with Crippen LogP contribution in [0.4, 0.5) is 0 Å². The van der Waals surface area contributed by atoms with Gasteiger partial charge in [0.05, 0.1) is 23.3 Å². The van der Waals surface area contributed by atoms with Gasteiger partial charge in [-0.05, 0) is 37.7 Å². The van der Waals surface area contributed by atoms with Gasteiger partial charge in [-0.2, -0.15) is 0 Å². The van der Waals surface area contributed by atoms with Crippen LogP contribution in [0.25, 0.3) is 11.1 Å². The number of methoxy groups -OCH3 is 1. The molecule has 2 N–H and O–H groups in total. The molecule has 2 aromatic rings. The van der Waals surface area contributed by atoms with E-state index in [2.05, 4.69) is 36.2 Å². The largest absolute Gasteiger partial charge is 0.479 e. The molecular formula is C20H27N3O5. The summed E-state index contributed by atoms with van der Waals surface area (Å²) in [5.74, 6) is -1.37. The highest BCUT2D eigenvalue weighted by molar-refractivity contribution is 6.07. The summed E-state index contributed by atoms with van der Waals surface area (Å²) in [6.45, 7) is 7.47. The van der Waals surface area contributed by atoms with Gasteiger partial charge in [0.1, 0.15) is 0 Å². The average molecular weight is 389 g/mol. The van der Waals surface area contributed by atoms with Crippen molar-refractivity contribution in [2.75, 3.05) is 13.7 Å². The van der Waals surface area contributed by atoms with E-state index in [1.54, 1.807) is 6.07 Å². The van der Waals surface area contributed by atoms with Crippen molar-refractivity contribution in [3.63, 3.8) is 0 Å². The van der Waals surface area contributed by atoms with Crippen molar-refractivity contribution in [2.24, 2.45) is 5.41 Å². The van der Waals surface area contributed by atoms with Gasteiger partial charge in [-0.3, -0.25) is 4.79 Å². The van der Waals surface area contributed by atoms with Crippen LogP contribution in [-0.4, -0.2) is 46.4 Å². The minimum absolute atomic E-state index is 0.0711. The maximum absolute atomic E-state index is 13.1. The Morgan fingerprint density at radius 2 is 2.00 bits per heavy atom. The lowest BCUT2D eigenvalue weighted by Crippen LogP contribution is -2.55. The van der Waals surface area contributed by atoms with E-state index in [-0.39, 0.29) is 12.0 Å². The number of carbonyl (C=O) groups is 2. The minimum atomic E-state index is -1.55. The van der Waals surface area contributed by atoms with E-state index >= 15 is 0 Å². The topological polar surface area (TPSA) is 115 Å². The molecule has 2 aromatic heterocycles. The summed E-state index contributed by atoms with van der Waals surface area (Å²) < 4.78 is 10.4. The highest BCUT2D eigenvalue weighted by atomic mass is 16.5. The Balaban J connectivity index is 2.07. The van der Waals surface area contributed by atoms with Gasteiger partial charge >= 0.3 is 5.97 Å². The predicted molar refractivity (Wildman–Crippen MR) is 102 cm³/mol. The quantitative estimate of drug-likeness (QED) is 0.748. The van der Waals surface area contributed by atoms with E-state index in [0.29, 0.717) is 34.7 Å². The highest BCUT2D eigenvalue weighted by Gasteiger charge is 2.37. The van der Waals surface area contributed by atoms with Gasteiger partial charge in [0.25, 0.3) is 11.6 Å². The van der Waals surface area contributed by atoms with Crippen molar-refractivity contribution in [1.82, 2.24) is 15.5 Å². The fourth-order valence-electron chi connectivity index (χ4n) is 3.18. The number of hydrogen-bond donors (Lipinski definition) is 2. The third kappa shape index (κ3) is 4.16. The van der Waals surface area contributed by atoms with E-state index in [1.807, 2.05) is 0 Å². The van der Waals surface area contributed by atoms with Crippen molar-refractivity contribution in [1.29, 1.82) is 0 Å². The number of carbonyl (C=O) groups excluding carboxylic acids is 1. The van der Waals surface area contributed by atoms with Gasteiger partial charge in [0.15, 0.2) is 5.54 Å². The maximum Gasteiger partial charge on any atom is 0.331 e. The second kappa shape index (κ2) is 7.16. The molecule has 1 aliphatic rings. The number of hydrogen-bond acceptors (Lipinski definition) is 6. The first-order valence-corrected chi connectivity index (χ1v) is 9.38. The number of carboxylic acids is 1. The van der Waals surface area contributed by atoms with Gasteiger partial charge in [0.2, 0.25) is 0 Å². The molecule has 0 bridgehead atoms. The Hall–Kier alpha value is -2.48. The fourth-order valence-corrected chi connectivity index (χ4v) is 3.18. The molecule has 2 heterocycles. The Labute approximate surface area is 163 Å². The molecule has 28 heavy (non-hydrogen) atoms. The fraction of sp³-hybridized carbons (Fsp3) is 0.600. The molecule has 1 amide bonds. The summed E-state index contributed by atoms with van der Waals surface area (Å²) in [5, 5.41) is 16.9. The zero-order valence-corrected chi connectivity index (χ0v) is 17.0. The lowest BCUT2D eigenvalue weighted by atomic mass is 9.89. The SMILES string of the molecule is COCC(C)(NC(=O)c1cc(C2CC2)nc2onc(CC(C)(C)C)c12)C(=O)O. The zero-order chi connectivity index (χ0) is 20.7. The molecule has 8 heteroatoms. The summed E-state index contributed by atoms with van der Waals surface area (Å²) >= 11 is 0. The number of nitrogens with one attached hydrogen (secondary N) is 1. The second-order valence-electron chi connectivity index (χ2n) is 8.94. The number of carboxylic acid groups (broad SMARTS) is 1.